The fourth-order valence-electron chi connectivity index (χ4n) is 1.49. The third-order valence-corrected chi connectivity index (χ3v) is 2.63. The molecule has 0 heterocycles. The van der Waals surface area contributed by atoms with Crippen molar-refractivity contribution in [3.05, 3.63) is 60.2 Å². The number of anilines is 1. The van der Waals surface area contributed by atoms with Crippen molar-refractivity contribution in [1.82, 2.24) is 0 Å². The normalized spacial score (nSPS) is 9.83. The lowest BCUT2D eigenvalue weighted by Gasteiger charge is -2.09. The Kier molecular flexibility index (Phi) is 4.28. The van der Waals surface area contributed by atoms with E-state index in [1.165, 1.54) is 5.56 Å². The van der Waals surface area contributed by atoms with Gasteiger partial charge < -0.3 is 15.8 Å². The molecule has 0 spiro atoms. The second-order valence-corrected chi connectivity index (χ2v) is 4.15. The smallest absolute Gasteiger partial charge is 0.266 e. The number of benzene rings is 2. The zero-order chi connectivity index (χ0) is 12.8. The summed E-state index contributed by atoms with van der Waals surface area (Å²) in [5.74, 6) is 0.726. The van der Waals surface area contributed by atoms with E-state index in [0.29, 0.717) is 5.17 Å². The van der Waals surface area contributed by atoms with Gasteiger partial charge >= 0.3 is 0 Å². The molecule has 0 atom stereocenters. The van der Waals surface area contributed by atoms with E-state index < -0.39 is 0 Å². The second-order valence-electron chi connectivity index (χ2n) is 3.77. The number of quaternary nitrogens is 1. The van der Waals surface area contributed by atoms with Crippen molar-refractivity contribution in [2.45, 2.75) is 6.54 Å². The lowest BCUT2D eigenvalue weighted by atomic mass is 10.2. The third kappa shape index (κ3) is 3.55. The minimum atomic E-state index is 0.337. The Morgan fingerprint density at radius 2 is 1.72 bits per heavy atom. The van der Waals surface area contributed by atoms with E-state index in [1.54, 1.807) is 0 Å². The molecule has 4 heteroatoms. The molecule has 0 bridgehead atoms. The number of para-hydroxylation sites is 1. The highest BCUT2D eigenvalue weighted by Crippen LogP contribution is 2.12. The average molecular weight is 259 g/mol. The molecular weight excluding hydrogens is 244 g/mol. The van der Waals surface area contributed by atoms with Gasteiger partial charge in [0.15, 0.2) is 0 Å². The van der Waals surface area contributed by atoms with Gasteiger partial charge in [-0.1, -0.05) is 30.3 Å². The molecule has 3 nitrogen and oxygen atoms in total. The summed E-state index contributed by atoms with van der Waals surface area (Å²) in [5, 5.41) is 3.37. The van der Waals surface area contributed by atoms with Gasteiger partial charge in [-0.3, -0.25) is 0 Å². The van der Waals surface area contributed by atoms with Crippen LogP contribution >= 0.6 is 12.2 Å². The molecule has 0 saturated carbocycles. The van der Waals surface area contributed by atoms with Crippen LogP contribution in [0.1, 0.15) is 5.56 Å². The first-order chi connectivity index (χ1) is 8.78. The number of ether oxygens (including phenoxy) is 1. The van der Waals surface area contributed by atoms with Crippen molar-refractivity contribution in [3.63, 3.8) is 0 Å². The molecule has 4 N–H and O–H groups in total. The van der Waals surface area contributed by atoms with Gasteiger partial charge in [0.25, 0.3) is 5.17 Å². The Hall–Kier alpha value is -1.91. The Bertz CT molecular complexity index is 511. The van der Waals surface area contributed by atoms with Gasteiger partial charge in [-0.2, -0.15) is 0 Å². The summed E-state index contributed by atoms with van der Waals surface area (Å²) in [7, 11) is 0. The first-order valence-corrected chi connectivity index (χ1v) is 6.11. The molecule has 2 rings (SSSR count). The molecule has 18 heavy (non-hydrogen) atoms. The Morgan fingerprint density at radius 1 is 1.06 bits per heavy atom. The zero-order valence-corrected chi connectivity index (χ0v) is 10.7. The van der Waals surface area contributed by atoms with Crippen molar-refractivity contribution < 1.29 is 10.5 Å². The summed E-state index contributed by atoms with van der Waals surface area (Å²) < 4.78 is 5.48. The van der Waals surface area contributed by atoms with Crippen molar-refractivity contribution >= 4 is 23.1 Å². The molecule has 0 aliphatic rings. The maximum absolute atomic E-state index is 5.48. The van der Waals surface area contributed by atoms with Crippen LogP contribution in [0.15, 0.2) is 54.6 Å². The topological polar surface area (TPSA) is 48.9 Å². The lowest BCUT2D eigenvalue weighted by Crippen LogP contribution is -2.47. The van der Waals surface area contributed by atoms with Gasteiger partial charge in [-0.25, -0.2) is 0 Å². The van der Waals surface area contributed by atoms with Gasteiger partial charge in [0.2, 0.25) is 0 Å². The fourth-order valence-corrected chi connectivity index (χ4v) is 1.71. The van der Waals surface area contributed by atoms with Crippen LogP contribution in [0.25, 0.3) is 0 Å². The van der Waals surface area contributed by atoms with Crippen LogP contribution in [-0.2, 0) is 6.54 Å². The summed E-state index contributed by atoms with van der Waals surface area (Å²) >= 11 is 5.13. The van der Waals surface area contributed by atoms with E-state index in [9.17, 15) is 0 Å². The highest BCUT2D eigenvalue weighted by atomic mass is 32.1. The number of thiocarbonyl (C=S) groups is 1. The van der Waals surface area contributed by atoms with E-state index in [-0.39, 0.29) is 0 Å². The van der Waals surface area contributed by atoms with Gasteiger partial charge in [0.1, 0.15) is 5.75 Å². The summed E-state index contributed by atoms with van der Waals surface area (Å²) in [6, 6.07) is 17.4. The molecule has 0 aliphatic carbocycles. The Morgan fingerprint density at radius 3 is 2.33 bits per heavy atom. The quantitative estimate of drug-likeness (QED) is 0.831. The summed E-state index contributed by atoms with van der Waals surface area (Å²) in [6.07, 6.45) is 0. The molecule has 0 aromatic heterocycles. The van der Waals surface area contributed by atoms with Gasteiger partial charge in [-0.15, -0.1) is 0 Å². The van der Waals surface area contributed by atoms with Crippen LogP contribution < -0.4 is 15.8 Å². The first kappa shape index (κ1) is 12.5. The van der Waals surface area contributed by atoms with Crippen molar-refractivity contribution in [1.29, 1.82) is 0 Å². The SMILES string of the molecule is [NH3+]Cc1ccc(NC(=S)Oc2ccccc2)cc1. The number of rotatable bonds is 3. The van der Waals surface area contributed by atoms with Crippen molar-refractivity contribution in [2.75, 3.05) is 5.32 Å². The molecule has 0 saturated heterocycles. The predicted molar refractivity (Wildman–Crippen MR) is 76.3 cm³/mol. The molecule has 0 radical (unpaired) electrons. The number of nitrogens with one attached hydrogen (secondary N) is 1. The molecule has 0 amide bonds. The van der Waals surface area contributed by atoms with E-state index in [0.717, 1.165) is 18.0 Å². The molecule has 0 unspecified atom stereocenters. The monoisotopic (exact) mass is 259 g/mol. The minimum Gasteiger partial charge on any atom is -0.432 e. The minimum absolute atomic E-state index is 0.337. The van der Waals surface area contributed by atoms with Gasteiger partial charge in [0, 0.05) is 11.3 Å². The van der Waals surface area contributed by atoms with Crippen molar-refractivity contribution in [3.8, 4) is 5.75 Å². The average Bonchev–Trinajstić information content (AvgIpc) is 2.40. The maximum atomic E-state index is 5.48. The molecule has 2 aromatic carbocycles. The van der Waals surface area contributed by atoms with Crippen LogP contribution in [0.5, 0.6) is 5.75 Å². The second kappa shape index (κ2) is 6.14. The highest BCUT2D eigenvalue weighted by molar-refractivity contribution is 7.80. The van der Waals surface area contributed by atoms with E-state index in [2.05, 4.69) is 11.1 Å². The Balaban J connectivity index is 1.94. The molecule has 92 valence electrons. The lowest BCUT2D eigenvalue weighted by molar-refractivity contribution is -0.386. The van der Waals surface area contributed by atoms with E-state index >= 15 is 0 Å². The van der Waals surface area contributed by atoms with E-state index in [1.807, 2.05) is 54.6 Å². The Labute approximate surface area is 112 Å². The van der Waals surface area contributed by atoms with Crippen LogP contribution in [0.2, 0.25) is 0 Å². The van der Waals surface area contributed by atoms with Crippen LogP contribution in [-0.4, -0.2) is 5.17 Å². The summed E-state index contributed by atoms with van der Waals surface area (Å²) in [5.41, 5.74) is 5.93. The third-order valence-electron chi connectivity index (χ3n) is 2.44. The fraction of sp³-hybridized carbons (Fsp3) is 0.0714. The highest BCUT2D eigenvalue weighted by Gasteiger charge is 2.00. The summed E-state index contributed by atoms with van der Waals surface area (Å²) in [4.78, 5) is 0. The van der Waals surface area contributed by atoms with Crippen LogP contribution in [0, 0.1) is 0 Å². The van der Waals surface area contributed by atoms with Gasteiger partial charge in [0.05, 0.1) is 6.54 Å². The van der Waals surface area contributed by atoms with Crippen LogP contribution in [0.3, 0.4) is 0 Å². The first-order valence-electron chi connectivity index (χ1n) is 5.70. The van der Waals surface area contributed by atoms with Crippen LogP contribution in [0.4, 0.5) is 5.69 Å². The van der Waals surface area contributed by atoms with Gasteiger partial charge in [-0.05, 0) is 36.5 Å². The summed E-state index contributed by atoms with van der Waals surface area (Å²) in [6.45, 7) is 0.783. The van der Waals surface area contributed by atoms with Crippen molar-refractivity contribution in [2.24, 2.45) is 0 Å². The molecule has 0 fully saturated rings. The zero-order valence-electron chi connectivity index (χ0n) is 9.93. The molecule has 0 aliphatic heterocycles. The van der Waals surface area contributed by atoms with E-state index in [4.69, 9.17) is 17.0 Å². The number of hydrogen-bond donors (Lipinski definition) is 2. The standard InChI is InChI=1S/C14H14N2OS/c15-10-11-6-8-12(9-7-11)16-14(18)17-13-4-2-1-3-5-13/h1-9H,10,15H2,(H,16,18)/p+1. The number of hydrogen-bond acceptors (Lipinski definition) is 2. The molecular formula is C14H15N2OS+. The largest absolute Gasteiger partial charge is 0.432 e. The predicted octanol–water partition coefficient (Wildman–Crippen LogP) is 2.20. The maximum Gasteiger partial charge on any atom is 0.266 e. The molecule has 2 aromatic rings.